The molecular weight excluding hydrogens is 150 g/mol. The van der Waals surface area contributed by atoms with Gasteiger partial charge in [-0.2, -0.15) is 0 Å². The van der Waals surface area contributed by atoms with E-state index in [0.717, 1.165) is 19.4 Å². The molecule has 3 unspecified atom stereocenters. The number of ether oxygens (including phenoxy) is 1. The van der Waals surface area contributed by atoms with Crippen molar-refractivity contribution in [2.45, 2.75) is 51.7 Å². The van der Waals surface area contributed by atoms with Gasteiger partial charge in [0.05, 0.1) is 6.10 Å². The lowest BCUT2D eigenvalue weighted by molar-refractivity contribution is -0.0318. The van der Waals surface area contributed by atoms with Gasteiger partial charge in [0, 0.05) is 12.6 Å². The highest BCUT2D eigenvalue weighted by molar-refractivity contribution is 4.81. The first-order valence-electron chi connectivity index (χ1n) is 5.13. The van der Waals surface area contributed by atoms with Crippen LogP contribution in [0.5, 0.6) is 0 Å². The Labute approximate surface area is 75.5 Å². The van der Waals surface area contributed by atoms with E-state index in [4.69, 9.17) is 10.5 Å². The quantitative estimate of drug-likeness (QED) is 0.704. The van der Waals surface area contributed by atoms with Crippen LogP contribution in [0.3, 0.4) is 0 Å². The van der Waals surface area contributed by atoms with Gasteiger partial charge in [-0.25, -0.2) is 0 Å². The molecule has 0 aromatic heterocycles. The molecule has 1 rings (SSSR count). The van der Waals surface area contributed by atoms with E-state index in [1.807, 2.05) is 0 Å². The molecule has 0 amide bonds. The molecule has 3 atom stereocenters. The molecule has 2 heteroatoms. The van der Waals surface area contributed by atoms with E-state index in [-0.39, 0.29) is 6.04 Å². The van der Waals surface area contributed by atoms with Gasteiger partial charge in [-0.3, -0.25) is 0 Å². The maximum Gasteiger partial charge on any atom is 0.0751 e. The van der Waals surface area contributed by atoms with Gasteiger partial charge in [0.25, 0.3) is 0 Å². The zero-order chi connectivity index (χ0) is 8.97. The molecule has 0 saturated carbocycles. The van der Waals surface area contributed by atoms with Crippen molar-refractivity contribution in [1.29, 1.82) is 0 Å². The predicted molar refractivity (Wildman–Crippen MR) is 51.0 cm³/mol. The maximum absolute atomic E-state index is 5.99. The number of hydrogen-bond donors (Lipinski definition) is 1. The van der Waals surface area contributed by atoms with Crippen LogP contribution in [0.15, 0.2) is 0 Å². The first kappa shape index (κ1) is 10.0. The summed E-state index contributed by atoms with van der Waals surface area (Å²) in [6, 6.07) is 0.278. The van der Waals surface area contributed by atoms with Crippen LogP contribution < -0.4 is 5.73 Å². The van der Waals surface area contributed by atoms with E-state index in [2.05, 4.69) is 13.8 Å². The first-order chi connectivity index (χ1) is 5.75. The summed E-state index contributed by atoms with van der Waals surface area (Å²) in [7, 11) is 0. The fourth-order valence-electron chi connectivity index (χ4n) is 2.03. The molecule has 1 heterocycles. The third kappa shape index (κ3) is 2.46. The monoisotopic (exact) mass is 171 g/mol. The molecule has 0 aromatic carbocycles. The van der Waals surface area contributed by atoms with E-state index in [0.29, 0.717) is 12.0 Å². The maximum atomic E-state index is 5.99. The smallest absolute Gasteiger partial charge is 0.0751 e. The van der Waals surface area contributed by atoms with Crippen LogP contribution in [-0.4, -0.2) is 18.8 Å². The minimum absolute atomic E-state index is 0.278. The van der Waals surface area contributed by atoms with Gasteiger partial charge in [0.2, 0.25) is 0 Å². The average molecular weight is 171 g/mol. The Kier molecular flexibility index (Phi) is 4.02. The molecule has 1 aliphatic rings. The largest absolute Gasteiger partial charge is 0.376 e. The second-order valence-electron chi connectivity index (χ2n) is 3.91. The van der Waals surface area contributed by atoms with E-state index < -0.39 is 0 Å². The van der Waals surface area contributed by atoms with Crippen LogP contribution in [0.25, 0.3) is 0 Å². The van der Waals surface area contributed by atoms with Crippen LogP contribution in [-0.2, 0) is 4.74 Å². The minimum Gasteiger partial charge on any atom is -0.376 e. The second-order valence-corrected chi connectivity index (χ2v) is 3.91. The lowest BCUT2D eigenvalue weighted by Crippen LogP contribution is -2.44. The predicted octanol–water partition coefficient (Wildman–Crippen LogP) is 1.93. The van der Waals surface area contributed by atoms with Gasteiger partial charge in [-0.15, -0.1) is 0 Å². The highest BCUT2D eigenvalue weighted by Crippen LogP contribution is 2.22. The average Bonchev–Trinajstić information content (AvgIpc) is 2.05. The third-order valence-electron chi connectivity index (χ3n) is 2.72. The van der Waals surface area contributed by atoms with Crippen LogP contribution in [0.4, 0.5) is 0 Å². The summed E-state index contributed by atoms with van der Waals surface area (Å²) >= 11 is 0. The van der Waals surface area contributed by atoms with Crippen LogP contribution in [0.1, 0.15) is 39.5 Å². The molecule has 1 saturated heterocycles. The topological polar surface area (TPSA) is 35.2 Å². The minimum atomic E-state index is 0.278. The van der Waals surface area contributed by atoms with E-state index in [1.54, 1.807) is 0 Å². The van der Waals surface area contributed by atoms with Crippen molar-refractivity contribution in [2.75, 3.05) is 6.61 Å². The second kappa shape index (κ2) is 4.83. The van der Waals surface area contributed by atoms with Crippen molar-refractivity contribution < 1.29 is 4.74 Å². The first-order valence-corrected chi connectivity index (χ1v) is 5.13. The van der Waals surface area contributed by atoms with E-state index in [9.17, 15) is 0 Å². The summed E-state index contributed by atoms with van der Waals surface area (Å²) in [5, 5.41) is 0. The van der Waals surface area contributed by atoms with E-state index >= 15 is 0 Å². The summed E-state index contributed by atoms with van der Waals surface area (Å²) in [5.41, 5.74) is 5.99. The molecule has 0 aliphatic carbocycles. The molecular formula is C10H21NO. The van der Waals surface area contributed by atoms with Gasteiger partial charge in [0.1, 0.15) is 0 Å². The molecule has 0 radical (unpaired) electrons. The Balaban J connectivity index is 2.36. The van der Waals surface area contributed by atoms with Crippen molar-refractivity contribution in [3.63, 3.8) is 0 Å². The fraction of sp³-hybridized carbons (Fsp3) is 1.00. The Morgan fingerprint density at radius 3 is 2.92 bits per heavy atom. The van der Waals surface area contributed by atoms with Crippen molar-refractivity contribution in [3.05, 3.63) is 0 Å². The molecule has 0 aromatic rings. The highest BCUT2D eigenvalue weighted by Gasteiger charge is 2.26. The molecule has 0 bridgehead atoms. The lowest BCUT2D eigenvalue weighted by atomic mass is 9.90. The molecule has 2 N–H and O–H groups in total. The molecule has 72 valence electrons. The standard InChI is InChI=1S/C10H21NO/c1-3-5-8(2)10-9(11)6-4-7-12-10/h8-10H,3-7,11H2,1-2H3. The molecule has 1 fully saturated rings. The number of hydrogen-bond acceptors (Lipinski definition) is 2. The zero-order valence-corrected chi connectivity index (χ0v) is 8.25. The van der Waals surface area contributed by atoms with Crippen molar-refractivity contribution in [2.24, 2.45) is 11.7 Å². The van der Waals surface area contributed by atoms with Crippen LogP contribution >= 0.6 is 0 Å². The molecule has 0 spiro atoms. The Hall–Kier alpha value is -0.0800. The summed E-state index contributed by atoms with van der Waals surface area (Å²) in [6.07, 6.45) is 5.06. The molecule has 2 nitrogen and oxygen atoms in total. The Morgan fingerprint density at radius 1 is 1.58 bits per heavy atom. The number of rotatable bonds is 3. The van der Waals surface area contributed by atoms with Gasteiger partial charge >= 0.3 is 0 Å². The Bertz CT molecular complexity index is 127. The van der Waals surface area contributed by atoms with Gasteiger partial charge < -0.3 is 10.5 Å². The van der Waals surface area contributed by atoms with Gasteiger partial charge in [-0.1, -0.05) is 20.3 Å². The summed E-state index contributed by atoms with van der Waals surface area (Å²) in [4.78, 5) is 0. The third-order valence-corrected chi connectivity index (χ3v) is 2.72. The molecule has 12 heavy (non-hydrogen) atoms. The summed E-state index contributed by atoms with van der Waals surface area (Å²) in [6.45, 7) is 5.37. The van der Waals surface area contributed by atoms with Crippen LogP contribution in [0, 0.1) is 5.92 Å². The zero-order valence-electron chi connectivity index (χ0n) is 8.25. The summed E-state index contributed by atoms with van der Waals surface area (Å²) < 4.78 is 5.68. The van der Waals surface area contributed by atoms with Gasteiger partial charge in [-0.05, 0) is 25.2 Å². The van der Waals surface area contributed by atoms with E-state index in [1.165, 1.54) is 12.8 Å². The molecule has 1 aliphatic heterocycles. The highest BCUT2D eigenvalue weighted by atomic mass is 16.5. The van der Waals surface area contributed by atoms with Crippen molar-refractivity contribution >= 4 is 0 Å². The normalized spacial score (nSPS) is 33.2. The van der Waals surface area contributed by atoms with Crippen LogP contribution in [0.2, 0.25) is 0 Å². The fourth-order valence-corrected chi connectivity index (χ4v) is 2.03. The van der Waals surface area contributed by atoms with Crippen molar-refractivity contribution in [3.8, 4) is 0 Å². The lowest BCUT2D eigenvalue weighted by Gasteiger charge is -2.33. The van der Waals surface area contributed by atoms with Gasteiger partial charge in [0.15, 0.2) is 0 Å². The van der Waals surface area contributed by atoms with Crippen molar-refractivity contribution in [1.82, 2.24) is 0 Å². The SMILES string of the molecule is CCCC(C)C1OCCCC1N. The summed E-state index contributed by atoms with van der Waals surface area (Å²) in [5.74, 6) is 0.630. The number of nitrogens with two attached hydrogens (primary N) is 1. The Morgan fingerprint density at radius 2 is 2.33 bits per heavy atom.